The molecule has 0 bridgehead atoms. The molecule has 0 atom stereocenters. The summed E-state index contributed by atoms with van der Waals surface area (Å²) in [7, 11) is 1.72. The SMILES string of the molecule is CNC(=O)C1(c2ccccc2)CCNCC1.Cl. The maximum absolute atomic E-state index is 12.2. The van der Waals surface area contributed by atoms with E-state index in [0.717, 1.165) is 31.5 Å². The first-order chi connectivity index (χ1) is 7.79. The number of benzene rings is 1. The highest BCUT2D eigenvalue weighted by Gasteiger charge is 2.40. The molecule has 2 rings (SSSR count). The summed E-state index contributed by atoms with van der Waals surface area (Å²) in [6.45, 7) is 1.81. The lowest BCUT2D eigenvalue weighted by atomic mass is 9.72. The Labute approximate surface area is 108 Å². The van der Waals surface area contributed by atoms with E-state index >= 15 is 0 Å². The lowest BCUT2D eigenvalue weighted by Crippen LogP contribution is -2.49. The van der Waals surface area contributed by atoms with Gasteiger partial charge in [0.1, 0.15) is 0 Å². The quantitative estimate of drug-likeness (QED) is 0.839. The molecule has 4 heteroatoms. The Morgan fingerprint density at radius 1 is 1.24 bits per heavy atom. The fraction of sp³-hybridized carbons (Fsp3) is 0.462. The molecular formula is C13H19ClN2O. The fourth-order valence-corrected chi connectivity index (χ4v) is 2.50. The lowest BCUT2D eigenvalue weighted by Gasteiger charge is -2.36. The minimum atomic E-state index is -0.332. The highest BCUT2D eigenvalue weighted by Crippen LogP contribution is 2.33. The highest BCUT2D eigenvalue weighted by molar-refractivity contribution is 5.88. The van der Waals surface area contributed by atoms with Gasteiger partial charge in [0.2, 0.25) is 5.91 Å². The van der Waals surface area contributed by atoms with Gasteiger partial charge in [-0.1, -0.05) is 30.3 Å². The van der Waals surface area contributed by atoms with Crippen molar-refractivity contribution < 1.29 is 4.79 Å². The number of amides is 1. The van der Waals surface area contributed by atoms with Crippen LogP contribution in [0.3, 0.4) is 0 Å². The van der Waals surface area contributed by atoms with Crippen LogP contribution in [0.4, 0.5) is 0 Å². The van der Waals surface area contributed by atoms with Gasteiger partial charge in [0.25, 0.3) is 0 Å². The summed E-state index contributed by atoms with van der Waals surface area (Å²) in [4.78, 5) is 12.2. The number of halogens is 1. The summed E-state index contributed by atoms with van der Waals surface area (Å²) in [6.07, 6.45) is 1.74. The predicted molar refractivity (Wildman–Crippen MR) is 71.5 cm³/mol. The van der Waals surface area contributed by atoms with E-state index < -0.39 is 0 Å². The minimum absolute atomic E-state index is 0. The van der Waals surface area contributed by atoms with Gasteiger partial charge in [0.15, 0.2) is 0 Å². The van der Waals surface area contributed by atoms with E-state index in [2.05, 4.69) is 22.8 Å². The van der Waals surface area contributed by atoms with Gasteiger partial charge in [-0.15, -0.1) is 12.4 Å². The molecule has 1 heterocycles. The molecule has 1 aromatic rings. The van der Waals surface area contributed by atoms with E-state index in [0.29, 0.717) is 0 Å². The number of rotatable bonds is 2. The van der Waals surface area contributed by atoms with Crippen molar-refractivity contribution in [2.24, 2.45) is 0 Å². The Bertz CT molecular complexity index is 361. The highest BCUT2D eigenvalue weighted by atomic mass is 35.5. The second-order valence-electron chi connectivity index (χ2n) is 4.28. The number of nitrogens with one attached hydrogen (secondary N) is 2. The van der Waals surface area contributed by atoms with E-state index in [9.17, 15) is 4.79 Å². The molecule has 3 nitrogen and oxygen atoms in total. The summed E-state index contributed by atoms with van der Waals surface area (Å²) < 4.78 is 0. The van der Waals surface area contributed by atoms with Crippen molar-refractivity contribution in [2.75, 3.05) is 20.1 Å². The summed E-state index contributed by atoms with van der Waals surface area (Å²) in [5.74, 6) is 0.139. The van der Waals surface area contributed by atoms with Crippen LogP contribution in [-0.4, -0.2) is 26.0 Å². The van der Waals surface area contributed by atoms with E-state index in [1.165, 1.54) is 0 Å². The molecule has 0 aromatic heterocycles. The van der Waals surface area contributed by atoms with Crippen LogP contribution in [0.15, 0.2) is 30.3 Å². The molecule has 1 aliphatic heterocycles. The maximum atomic E-state index is 12.2. The number of likely N-dealkylation sites (N-methyl/N-ethyl adjacent to an activating group) is 1. The number of carbonyl (C=O) groups excluding carboxylic acids is 1. The van der Waals surface area contributed by atoms with E-state index in [1.807, 2.05) is 18.2 Å². The van der Waals surface area contributed by atoms with Gasteiger partial charge in [-0.05, 0) is 31.5 Å². The average molecular weight is 255 g/mol. The van der Waals surface area contributed by atoms with Gasteiger partial charge >= 0.3 is 0 Å². The zero-order valence-corrected chi connectivity index (χ0v) is 10.8. The summed E-state index contributed by atoms with van der Waals surface area (Å²) in [5, 5.41) is 6.12. The van der Waals surface area contributed by atoms with Crippen molar-refractivity contribution in [1.82, 2.24) is 10.6 Å². The van der Waals surface area contributed by atoms with Gasteiger partial charge in [-0.3, -0.25) is 4.79 Å². The van der Waals surface area contributed by atoms with Gasteiger partial charge < -0.3 is 10.6 Å². The fourth-order valence-electron chi connectivity index (χ4n) is 2.50. The van der Waals surface area contributed by atoms with E-state index in [1.54, 1.807) is 7.05 Å². The van der Waals surface area contributed by atoms with Crippen molar-refractivity contribution >= 4 is 18.3 Å². The second-order valence-corrected chi connectivity index (χ2v) is 4.28. The summed E-state index contributed by atoms with van der Waals surface area (Å²) in [6, 6.07) is 10.1. The van der Waals surface area contributed by atoms with Crippen LogP contribution in [0, 0.1) is 0 Å². The van der Waals surface area contributed by atoms with Crippen LogP contribution in [0.5, 0.6) is 0 Å². The van der Waals surface area contributed by atoms with Crippen molar-refractivity contribution in [1.29, 1.82) is 0 Å². The first kappa shape index (κ1) is 14.0. The molecule has 1 fully saturated rings. The third-order valence-corrected chi connectivity index (χ3v) is 3.45. The zero-order valence-electron chi connectivity index (χ0n) is 10.0. The van der Waals surface area contributed by atoms with Crippen molar-refractivity contribution in [3.8, 4) is 0 Å². The van der Waals surface area contributed by atoms with E-state index in [4.69, 9.17) is 0 Å². The average Bonchev–Trinajstić information content (AvgIpc) is 2.39. The maximum Gasteiger partial charge on any atom is 0.230 e. The van der Waals surface area contributed by atoms with Crippen molar-refractivity contribution in [2.45, 2.75) is 18.3 Å². The molecule has 17 heavy (non-hydrogen) atoms. The van der Waals surface area contributed by atoms with Crippen LogP contribution in [0.2, 0.25) is 0 Å². The van der Waals surface area contributed by atoms with Crippen molar-refractivity contribution in [3.63, 3.8) is 0 Å². The first-order valence-electron chi connectivity index (χ1n) is 5.78. The normalized spacial score (nSPS) is 17.9. The molecule has 2 N–H and O–H groups in total. The molecule has 94 valence electrons. The Morgan fingerprint density at radius 3 is 2.35 bits per heavy atom. The van der Waals surface area contributed by atoms with Crippen LogP contribution in [-0.2, 0) is 10.2 Å². The lowest BCUT2D eigenvalue weighted by molar-refractivity contribution is -0.127. The number of carbonyl (C=O) groups is 1. The molecule has 0 saturated carbocycles. The van der Waals surface area contributed by atoms with Crippen LogP contribution < -0.4 is 10.6 Å². The minimum Gasteiger partial charge on any atom is -0.358 e. The molecule has 0 aliphatic carbocycles. The van der Waals surface area contributed by atoms with Crippen LogP contribution in [0.25, 0.3) is 0 Å². The number of hydrogen-bond acceptors (Lipinski definition) is 2. The molecule has 0 radical (unpaired) electrons. The third-order valence-electron chi connectivity index (χ3n) is 3.45. The van der Waals surface area contributed by atoms with Crippen LogP contribution >= 0.6 is 12.4 Å². The van der Waals surface area contributed by atoms with Gasteiger partial charge in [0, 0.05) is 7.05 Å². The molecule has 1 saturated heterocycles. The molecule has 0 unspecified atom stereocenters. The number of hydrogen-bond donors (Lipinski definition) is 2. The first-order valence-corrected chi connectivity index (χ1v) is 5.78. The smallest absolute Gasteiger partial charge is 0.230 e. The van der Waals surface area contributed by atoms with E-state index in [-0.39, 0.29) is 23.7 Å². The summed E-state index contributed by atoms with van der Waals surface area (Å²) >= 11 is 0. The van der Waals surface area contributed by atoms with Gasteiger partial charge in [-0.2, -0.15) is 0 Å². The monoisotopic (exact) mass is 254 g/mol. The van der Waals surface area contributed by atoms with Crippen LogP contribution in [0.1, 0.15) is 18.4 Å². The second kappa shape index (κ2) is 6.03. The molecule has 1 amide bonds. The van der Waals surface area contributed by atoms with Crippen molar-refractivity contribution in [3.05, 3.63) is 35.9 Å². The Morgan fingerprint density at radius 2 is 1.82 bits per heavy atom. The van der Waals surface area contributed by atoms with Gasteiger partial charge in [0.05, 0.1) is 5.41 Å². The zero-order chi connectivity index (χ0) is 11.4. The molecular weight excluding hydrogens is 236 g/mol. The number of piperidine rings is 1. The predicted octanol–water partition coefficient (Wildman–Crippen LogP) is 1.48. The third kappa shape index (κ3) is 2.61. The largest absolute Gasteiger partial charge is 0.358 e. The molecule has 1 aliphatic rings. The topological polar surface area (TPSA) is 41.1 Å². The molecule has 0 spiro atoms. The standard InChI is InChI=1S/C13H18N2O.ClH/c1-14-12(16)13(7-9-15-10-8-13)11-5-3-2-4-6-11;/h2-6,15H,7-10H2,1H3,(H,14,16);1H. The summed E-state index contributed by atoms with van der Waals surface area (Å²) in [5.41, 5.74) is 0.803. The Kier molecular flexibility index (Phi) is 4.97. The molecule has 1 aromatic carbocycles. The Balaban J connectivity index is 0.00000144. The Hall–Kier alpha value is -1.06. The van der Waals surface area contributed by atoms with Gasteiger partial charge in [-0.25, -0.2) is 0 Å².